The highest BCUT2D eigenvalue weighted by Gasteiger charge is 2.35. The van der Waals surface area contributed by atoms with Crippen LogP contribution in [0.4, 0.5) is 0 Å². The van der Waals surface area contributed by atoms with Gasteiger partial charge in [0.05, 0.1) is 52.9 Å². The molecule has 0 aromatic heterocycles. The van der Waals surface area contributed by atoms with E-state index < -0.39 is 0 Å². The summed E-state index contributed by atoms with van der Waals surface area (Å²) in [5.74, 6) is 0. The minimum atomic E-state index is 0.0474. The van der Waals surface area contributed by atoms with Crippen molar-refractivity contribution >= 4 is 0 Å². The Morgan fingerprint density at radius 1 is 0.220 bits per heavy atom. The third kappa shape index (κ3) is 12.4. The zero-order valence-electron chi connectivity index (χ0n) is 30.3. The monoisotopic (exact) mass is 585 g/mol. The summed E-state index contributed by atoms with van der Waals surface area (Å²) in [5, 5.41) is 0. The van der Waals surface area contributed by atoms with Crippen molar-refractivity contribution in [1.29, 1.82) is 0 Å². The van der Waals surface area contributed by atoms with E-state index in [0.29, 0.717) is 10.8 Å². The van der Waals surface area contributed by atoms with Crippen molar-refractivity contribution in [3.05, 3.63) is 0 Å². The SMILES string of the molecule is CCC(CC)(CC)COCC(CC)(CC)COCC(CC)(CC)COCC(CC)(CC)COCC(CC)(CC)CC. The zero-order valence-corrected chi connectivity index (χ0v) is 30.3. The van der Waals surface area contributed by atoms with E-state index >= 15 is 0 Å². The van der Waals surface area contributed by atoms with Gasteiger partial charge in [0.1, 0.15) is 0 Å². The molecular weight excluding hydrogens is 508 g/mol. The maximum atomic E-state index is 6.58. The molecule has 41 heavy (non-hydrogen) atoms. The predicted octanol–water partition coefficient (Wildman–Crippen LogP) is 10.9. The van der Waals surface area contributed by atoms with Gasteiger partial charge in [0.15, 0.2) is 0 Å². The molecule has 248 valence electrons. The second-order valence-corrected chi connectivity index (χ2v) is 13.7. The minimum absolute atomic E-state index is 0.0474. The largest absolute Gasteiger partial charge is 0.380 e. The molecule has 0 rings (SSSR count). The first-order valence-electron chi connectivity index (χ1n) is 17.9. The molecule has 0 heterocycles. The number of ether oxygens (including phenoxy) is 4. The molecule has 0 radical (unpaired) electrons. The van der Waals surface area contributed by atoms with E-state index in [0.717, 1.165) is 91.4 Å². The molecule has 0 aromatic carbocycles. The van der Waals surface area contributed by atoms with Gasteiger partial charge in [-0.15, -0.1) is 0 Å². The molecule has 0 N–H and O–H groups in total. The lowest BCUT2D eigenvalue weighted by Crippen LogP contribution is -2.39. The molecule has 0 fully saturated rings. The van der Waals surface area contributed by atoms with Crippen LogP contribution in [0.25, 0.3) is 0 Å². The second kappa shape index (κ2) is 20.7. The van der Waals surface area contributed by atoms with Crippen molar-refractivity contribution < 1.29 is 18.9 Å². The van der Waals surface area contributed by atoms with Gasteiger partial charge >= 0.3 is 0 Å². The maximum Gasteiger partial charge on any atom is 0.0544 e. The fourth-order valence-electron chi connectivity index (χ4n) is 6.15. The Morgan fingerprint density at radius 3 is 0.463 bits per heavy atom. The van der Waals surface area contributed by atoms with E-state index in [1.54, 1.807) is 0 Å². The molecule has 0 aliphatic rings. The summed E-state index contributed by atoms with van der Waals surface area (Å²) in [4.78, 5) is 0. The molecule has 0 aliphatic carbocycles. The Kier molecular flexibility index (Phi) is 20.7. The molecular formula is C37H76O4. The van der Waals surface area contributed by atoms with Crippen molar-refractivity contribution in [3.63, 3.8) is 0 Å². The van der Waals surface area contributed by atoms with Crippen LogP contribution in [0.15, 0.2) is 0 Å². The normalized spacial score (nSPS) is 13.8. The average molecular weight is 585 g/mol. The van der Waals surface area contributed by atoms with Crippen molar-refractivity contribution in [3.8, 4) is 0 Å². The third-order valence-corrected chi connectivity index (χ3v) is 12.3. The number of rotatable bonds is 28. The molecule has 0 atom stereocenters. The van der Waals surface area contributed by atoms with E-state index in [9.17, 15) is 0 Å². The summed E-state index contributed by atoms with van der Waals surface area (Å²) in [6.45, 7) is 33.9. The van der Waals surface area contributed by atoms with Gasteiger partial charge in [-0.05, 0) is 87.9 Å². The van der Waals surface area contributed by atoms with Crippen LogP contribution in [0.1, 0.15) is 160 Å². The minimum Gasteiger partial charge on any atom is -0.380 e. The lowest BCUT2D eigenvalue weighted by molar-refractivity contribution is -0.0982. The van der Waals surface area contributed by atoms with E-state index in [2.05, 4.69) is 83.1 Å². The van der Waals surface area contributed by atoms with Gasteiger partial charge in [-0.25, -0.2) is 0 Å². The smallest absolute Gasteiger partial charge is 0.0544 e. The molecule has 4 heteroatoms. The summed E-state index contributed by atoms with van der Waals surface area (Å²) in [7, 11) is 0. The van der Waals surface area contributed by atoms with E-state index in [-0.39, 0.29) is 16.2 Å². The van der Waals surface area contributed by atoms with Crippen LogP contribution >= 0.6 is 0 Å². The Morgan fingerprint density at radius 2 is 0.341 bits per heavy atom. The van der Waals surface area contributed by atoms with E-state index in [1.165, 1.54) is 38.5 Å². The molecule has 0 saturated carbocycles. The molecule has 0 unspecified atom stereocenters. The third-order valence-electron chi connectivity index (χ3n) is 12.3. The van der Waals surface area contributed by atoms with Gasteiger partial charge in [0.2, 0.25) is 0 Å². The summed E-state index contributed by atoms with van der Waals surface area (Å²) in [5.41, 5.74) is 0.833. The molecule has 0 aromatic rings. The second-order valence-electron chi connectivity index (χ2n) is 13.7. The van der Waals surface area contributed by atoms with Gasteiger partial charge in [0.25, 0.3) is 0 Å². The van der Waals surface area contributed by atoms with Crippen LogP contribution in [0, 0.1) is 27.1 Å². The van der Waals surface area contributed by atoms with Gasteiger partial charge in [0, 0.05) is 16.2 Å². The highest BCUT2D eigenvalue weighted by molar-refractivity contribution is 4.83. The standard InChI is InChI=1S/C37H76O4/c1-13-33(14-2,15-3)25-38-27-35(19-7,20-8)29-40-31-37(23-11,24-12)32-41-30-36(21-9,22-10)28-39-26-34(16-4,17-5)18-6/h13-32H2,1-12H3. The molecule has 4 nitrogen and oxygen atoms in total. The Hall–Kier alpha value is -0.160. The van der Waals surface area contributed by atoms with Gasteiger partial charge in [-0.1, -0.05) is 83.1 Å². The lowest BCUT2D eigenvalue weighted by Gasteiger charge is -2.38. The fourth-order valence-corrected chi connectivity index (χ4v) is 6.15. The van der Waals surface area contributed by atoms with Crippen molar-refractivity contribution in [1.82, 2.24) is 0 Å². The predicted molar refractivity (Wildman–Crippen MR) is 179 cm³/mol. The Labute approximate surface area is 258 Å². The highest BCUT2D eigenvalue weighted by atomic mass is 16.5. The average Bonchev–Trinajstić information content (AvgIpc) is 3.03. The lowest BCUT2D eigenvalue weighted by atomic mass is 9.80. The summed E-state index contributed by atoms with van der Waals surface area (Å²) < 4.78 is 26.0. The van der Waals surface area contributed by atoms with Crippen molar-refractivity contribution in [2.75, 3.05) is 52.9 Å². The first-order chi connectivity index (χ1) is 19.6. The Bertz CT molecular complexity index is 544. The number of hydrogen-bond acceptors (Lipinski definition) is 4. The fraction of sp³-hybridized carbons (Fsp3) is 1.00. The highest BCUT2D eigenvalue weighted by Crippen LogP contribution is 2.36. The van der Waals surface area contributed by atoms with Gasteiger partial charge in [-0.2, -0.15) is 0 Å². The van der Waals surface area contributed by atoms with Crippen molar-refractivity contribution in [2.24, 2.45) is 27.1 Å². The van der Waals surface area contributed by atoms with Crippen LogP contribution in [0.5, 0.6) is 0 Å². The van der Waals surface area contributed by atoms with Crippen LogP contribution < -0.4 is 0 Å². The molecule has 0 bridgehead atoms. The molecule has 0 amide bonds. The van der Waals surface area contributed by atoms with Crippen LogP contribution in [-0.2, 0) is 18.9 Å². The summed E-state index contributed by atoms with van der Waals surface area (Å²) >= 11 is 0. The number of hydrogen-bond donors (Lipinski definition) is 0. The van der Waals surface area contributed by atoms with Crippen molar-refractivity contribution in [2.45, 2.75) is 160 Å². The topological polar surface area (TPSA) is 36.9 Å². The first-order valence-corrected chi connectivity index (χ1v) is 17.9. The summed E-state index contributed by atoms with van der Waals surface area (Å²) in [6, 6.07) is 0. The zero-order chi connectivity index (χ0) is 31.5. The summed E-state index contributed by atoms with van der Waals surface area (Å²) in [6.07, 6.45) is 13.5. The first kappa shape index (κ1) is 40.8. The van der Waals surface area contributed by atoms with E-state index in [1.807, 2.05) is 0 Å². The van der Waals surface area contributed by atoms with Crippen LogP contribution in [-0.4, -0.2) is 52.9 Å². The van der Waals surface area contributed by atoms with Gasteiger partial charge in [-0.3, -0.25) is 0 Å². The van der Waals surface area contributed by atoms with E-state index in [4.69, 9.17) is 18.9 Å². The van der Waals surface area contributed by atoms with Gasteiger partial charge < -0.3 is 18.9 Å². The molecule has 0 spiro atoms. The molecule has 0 aliphatic heterocycles. The van der Waals surface area contributed by atoms with Crippen LogP contribution in [0.3, 0.4) is 0 Å². The molecule has 0 saturated heterocycles. The quantitative estimate of drug-likeness (QED) is 0.0916. The maximum absolute atomic E-state index is 6.58. The Balaban J connectivity index is 5.16. The van der Waals surface area contributed by atoms with Crippen LogP contribution in [0.2, 0.25) is 0 Å².